The van der Waals surface area contributed by atoms with Gasteiger partial charge < -0.3 is 9.42 Å². The Balaban J connectivity index is 1.34. The molecule has 162 valence electrons. The summed E-state index contributed by atoms with van der Waals surface area (Å²) in [5.74, 6) is 1.98. The largest absolute Gasteiger partial charge is 0.342 e. The quantitative estimate of drug-likeness (QED) is 0.750. The van der Waals surface area contributed by atoms with Crippen LogP contribution in [0.3, 0.4) is 0 Å². The maximum absolute atomic E-state index is 13.5. The molecule has 1 aromatic heterocycles. The van der Waals surface area contributed by atoms with Gasteiger partial charge in [0.05, 0.1) is 6.04 Å². The van der Waals surface area contributed by atoms with Gasteiger partial charge in [-0.25, -0.2) is 4.39 Å². The number of halogens is 1. The number of aromatic nitrogens is 2. The second-order valence-corrected chi connectivity index (χ2v) is 8.91. The lowest BCUT2D eigenvalue weighted by Crippen LogP contribution is -2.45. The number of hydrogen-bond donors (Lipinski definition) is 0. The molecule has 2 saturated heterocycles. The average molecular weight is 415 g/mol. The summed E-state index contributed by atoms with van der Waals surface area (Å²) in [6.07, 6.45) is 3.98. The molecule has 0 N–H and O–H groups in total. The number of carbonyl (C=O) groups is 1. The van der Waals surface area contributed by atoms with Crippen molar-refractivity contribution in [3.63, 3.8) is 0 Å². The van der Waals surface area contributed by atoms with Crippen LogP contribution in [0.5, 0.6) is 0 Å². The highest BCUT2D eigenvalue weighted by atomic mass is 19.1. The van der Waals surface area contributed by atoms with Crippen molar-refractivity contribution in [2.45, 2.75) is 52.5 Å². The van der Waals surface area contributed by atoms with Crippen LogP contribution in [0.1, 0.15) is 57.0 Å². The van der Waals surface area contributed by atoms with Crippen LogP contribution in [-0.2, 0) is 4.79 Å². The van der Waals surface area contributed by atoms with Crippen molar-refractivity contribution in [2.24, 2.45) is 11.8 Å². The first-order chi connectivity index (χ1) is 14.4. The molecule has 1 atom stereocenters. The summed E-state index contributed by atoms with van der Waals surface area (Å²) < 4.78 is 19.0. The number of hydrogen-bond acceptors (Lipinski definition) is 5. The summed E-state index contributed by atoms with van der Waals surface area (Å²) in [7, 11) is 0. The molecular weight excluding hydrogens is 383 g/mol. The smallest absolute Gasteiger partial charge is 0.244 e. The highest BCUT2D eigenvalue weighted by Crippen LogP contribution is 2.29. The normalized spacial score (nSPS) is 20.5. The molecule has 0 spiro atoms. The van der Waals surface area contributed by atoms with Crippen molar-refractivity contribution >= 4 is 5.91 Å². The third-order valence-electron chi connectivity index (χ3n) is 6.74. The molecule has 1 aromatic carbocycles. The van der Waals surface area contributed by atoms with Gasteiger partial charge in [-0.2, -0.15) is 4.98 Å². The highest BCUT2D eigenvalue weighted by molar-refractivity contribution is 5.79. The third-order valence-corrected chi connectivity index (χ3v) is 6.74. The third kappa shape index (κ3) is 4.41. The van der Waals surface area contributed by atoms with Crippen LogP contribution in [-0.4, -0.2) is 52.0 Å². The molecule has 0 radical (unpaired) electrons. The number of benzene rings is 1. The van der Waals surface area contributed by atoms with Crippen molar-refractivity contribution < 1.29 is 13.7 Å². The van der Waals surface area contributed by atoms with Crippen LogP contribution in [0.25, 0.3) is 11.4 Å². The zero-order chi connectivity index (χ0) is 21.3. The molecule has 0 aliphatic carbocycles. The molecule has 2 aliphatic heterocycles. The number of aryl methyl sites for hydroxylation is 1. The van der Waals surface area contributed by atoms with Crippen LogP contribution in [0.4, 0.5) is 4.39 Å². The van der Waals surface area contributed by atoms with Gasteiger partial charge >= 0.3 is 0 Å². The van der Waals surface area contributed by atoms with E-state index < -0.39 is 0 Å². The minimum atomic E-state index is -0.243. The minimum absolute atomic E-state index is 0.0142. The first-order valence-corrected chi connectivity index (χ1v) is 11.1. The first kappa shape index (κ1) is 21.0. The Morgan fingerprint density at radius 3 is 2.53 bits per heavy atom. The van der Waals surface area contributed by atoms with E-state index in [1.807, 2.05) is 0 Å². The molecule has 7 heteroatoms. The Hall–Kier alpha value is -2.28. The Morgan fingerprint density at radius 2 is 1.87 bits per heavy atom. The van der Waals surface area contributed by atoms with E-state index in [0.29, 0.717) is 23.2 Å². The number of likely N-dealkylation sites (tertiary alicyclic amines) is 2. The topological polar surface area (TPSA) is 62.5 Å². The van der Waals surface area contributed by atoms with Crippen molar-refractivity contribution in [3.8, 4) is 11.4 Å². The summed E-state index contributed by atoms with van der Waals surface area (Å²) in [5, 5.41) is 4.09. The van der Waals surface area contributed by atoms with Crippen LogP contribution < -0.4 is 0 Å². The SMILES string of the molecule is Cc1cc(-c2noc(C(C)N3CCC(C(=O)N4CCC(C)CC4)CC3)n2)ccc1F. The summed E-state index contributed by atoms with van der Waals surface area (Å²) in [6, 6.07) is 4.81. The van der Waals surface area contributed by atoms with Crippen LogP contribution in [0.2, 0.25) is 0 Å². The van der Waals surface area contributed by atoms with E-state index in [-0.39, 0.29) is 17.8 Å². The second-order valence-electron chi connectivity index (χ2n) is 8.91. The summed E-state index contributed by atoms with van der Waals surface area (Å²) in [5.41, 5.74) is 1.30. The maximum Gasteiger partial charge on any atom is 0.244 e. The van der Waals surface area contributed by atoms with E-state index in [2.05, 4.69) is 33.8 Å². The molecule has 3 heterocycles. The molecule has 30 heavy (non-hydrogen) atoms. The summed E-state index contributed by atoms with van der Waals surface area (Å²) in [4.78, 5) is 21.8. The van der Waals surface area contributed by atoms with Crippen LogP contribution in [0.15, 0.2) is 22.7 Å². The molecule has 1 amide bonds. The number of amides is 1. The maximum atomic E-state index is 13.5. The Morgan fingerprint density at radius 1 is 1.17 bits per heavy atom. The molecule has 6 nitrogen and oxygen atoms in total. The molecular formula is C23H31FN4O2. The molecule has 2 aromatic rings. The Kier molecular flexibility index (Phi) is 6.18. The minimum Gasteiger partial charge on any atom is -0.342 e. The lowest BCUT2D eigenvalue weighted by molar-refractivity contribution is -0.138. The monoisotopic (exact) mass is 414 g/mol. The molecule has 0 bridgehead atoms. The van der Waals surface area contributed by atoms with Gasteiger partial charge in [-0.1, -0.05) is 12.1 Å². The number of carbonyl (C=O) groups excluding carboxylic acids is 1. The zero-order valence-electron chi connectivity index (χ0n) is 18.1. The highest BCUT2D eigenvalue weighted by Gasteiger charge is 2.33. The molecule has 2 aliphatic rings. The molecule has 2 fully saturated rings. The van der Waals surface area contributed by atoms with E-state index >= 15 is 0 Å². The van der Waals surface area contributed by atoms with E-state index in [1.54, 1.807) is 19.1 Å². The number of piperidine rings is 2. The number of rotatable bonds is 4. The van der Waals surface area contributed by atoms with Crippen molar-refractivity contribution in [1.82, 2.24) is 19.9 Å². The lowest BCUT2D eigenvalue weighted by Gasteiger charge is -2.37. The van der Waals surface area contributed by atoms with Crippen molar-refractivity contribution in [3.05, 3.63) is 35.5 Å². The molecule has 0 saturated carbocycles. The standard InChI is InChI=1S/C23H31FN4O2/c1-15-6-10-28(11-7-15)23(29)18-8-12-27(13-9-18)17(3)22-25-21(26-30-22)19-4-5-20(24)16(2)14-19/h4-5,14-15,17-18H,6-13H2,1-3H3. The first-order valence-electron chi connectivity index (χ1n) is 11.1. The van der Waals surface area contributed by atoms with Gasteiger partial charge in [0.25, 0.3) is 0 Å². The molecule has 1 unspecified atom stereocenters. The fraction of sp³-hybridized carbons (Fsp3) is 0.609. The summed E-state index contributed by atoms with van der Waals surface area (Å²) in [6.45, 7) is 9.54. The van der Waals surface area contributed by atoms with E-state index in [9.17, 15) is 9.18 Å². The lowest BCUT2D eigenvalue weighted by atomic mass is 9.92. The summed E-state index contributed by atoms with van der Waals surface area (Å²) >= 11 is 0. The van der Waals surface area contributed by atoms with E-state index in [4.69, 9.17) is 4.52 Å². The fourth-order valence-corrected chi connectivity index (χ4v) is 4.48. The predicted octanol–water partition coefficient (Wildman–Crippen LogP) is 4.22. The Labute approximate surface area is 177 Å². The van der Waals surface area contributed by atoms with Gasteiger partial charge in [0.2, 0.25) is 17.6 Å². The van der Waals surface area contributed by atoms with Gasteiger partial charge in [0.15, 0.2) is 0 Å². The van der Waals surface area contributed by atoms with Gasteiger partial charge in [-0.05, 0) is 82.3 Å². The fourth-order valence-electron chi connectivity index (χ4n) is 4.48. The zero-order valence-corrected chi connectivity index (χ0v) is 18.1. The Bertz CT molecular complexity index is 883. The van der Waals surface area contributed by atoms with Gasteiger partial charge in [-0.3, -0.25) is 9.69 Å². The number of nitrogens with zero attached hydrogens (tertiary/aromatic N) is 4. The van der Waals surface area contributed by atoms with Crippen LogP contribution >= 0.6 is 0 Å². The van der Waals surface area contributed by atoms with Crippen molar-refractivity contribution in [1.29, 1.82) is 0 Å². The van der Waals surface area contributed by atoms with E-state index in [1.165, 1.54) is 6.07 Å². The van der Waals surface area contributed by atoms with Gasteiger partial charge in [0.1, 0.15) is 5.82 Å². The molecule has 4 rings (SSSR count). The van der Waals surface area contributed by atoms with Crippen molar-refractivity contribution in [2.75, 3.05) is 26.2 Å². The van der Waals surface area contributed by atoms with Gasteiger partial charge in [-0.15, -0.1) is 0 Å². The van der Waals surface area contributed by atoms with E-state index in [0.717, 1.165) is 63.3 Å². The second kappa shape index (κ2) is 8.84. The van der Waals surface area contributed by atoms with Gasteiger partial charge in [0, 0.05) is 24.6 Å². The van der Waals surface area contributed by atoms with Crippen LogP contribution in [0, 0.1) is 24.6 Å². The predicted molar refractivity (Wildman–Crippen MR) is 112 cm³/mol. The average Bonchev–Trinajstić information content (AvgIpc) is 3.25.